The van der Waals surface area contributed by atoms with E-state index in [0.29, 0.717) is 35.0 Å². The van der Waals surface area contributed by atoms with Crippen molar-refractivity contribution >= 4 is 5.90 Å². The lowest BCUT2D eigenvalue weighted by Crippen LogP contribution is -2.57. The summed E-state index contributed by atoms with van der Waals surface area (Å²) < 4.78 is 28.8. The van der Waals surface area contributed by atoms with E-state index in [9.17, 15) is 15.8 Å². The van der Waals surface area contributed by atoms with E-state index in [1.54, 1.807) is 56.5 Å². The molecule has 2 fully saturated rings. The number of hydrogen-bond donors (Lipinski definition) is 1. The van der Waals surface area contributed by atoms with Crippen LogP contribution in [0.15, 0.2) is 42.5 Å². The van der Waals surface area contributed by atoms with Crippen LogP contribution >= 0.6 is 0 Å². The van der Waals surface area contributed by atoms with Gasteiger partial charge in [0.1, 0.15) is 11.9 Å². The SMILES string of the molecule is CCOc1ccc(C2OC3(c4ccc(OC)cc4)OC(=N)C(C#N)(C3C)C2(C#N)C#N)cc1OC. The highest BCUT2D eigenvalue weighted by Gasteiger charge is 2.79. The third-order valence-corrected chi connectivity index (χ3v) is 6.95. The fourth-order valence-corrected chi connectivity index (χ4v) is 5.11. The first kappa shape index (κ1) is 23.9. The van der Waals surface area contributed by atoms with E-state index in [1.807, 2.05) is 19.1 Å². The molecule has 0 aromatic heterocycles. The molecule has 2 aromatic carbocycles. The standard InChI is InChI=1S/C26H24N4O5/c1-5-33-20-11-6-17(12-21(20)32-4)22-24(13-27,14-28)25(15-29)16(2)26(34-22,35-23(25)30)18-7-9-19(31-3)10-8-18/h6-12,16,22,30H,5H2,1-4H3. The van der Waals surface area contributed by atoms with Crippen molar-refractivity contribution in [3.63, 3.8) is 0 Å². The van der Waals surface area contributed by atoms with Gasteiger partial charge in [-0.1, -0.05) is 13.0 Å². The van der Waals surface area contributed by atoms with Gasteiger partial charge in [0.15, 0.2) is 16.9 Å². The Kier molecular flexibility index (Phi) is 5.80. The largest absolute Gasteiger partial charge is 0.497 e. The number of ether oxygens (including phenoxy) is 5. The maximum Gasteiger partial charge on any atom is 0.244 e. The first-order valence-electron chi connectivity index (χ1n) is 11.0. The molecule has 0 aliphatic carbocycles. The lowest BCUT2D eigenvalue weighted by atomic mass is 9.53. The van der Waals surface area contributed by atoms with E-state index in [0.717, 1.165) is 0 Å². The van der Waals surface area contributed by atoms with Gasteiger partial charge in [0, 0.05) is 5.56 Å². The van der Waals surface area contributed by atoms with Gasteiger partial charge >= 0.3 is 0 Å². The molecule has 4 rings (SSSR count). The molecule has 4 unspecified atom stereocenters. The van der Waals surface area contributed by atoms with Gasteiger partial charge in [0.25, 0.3) is 0 Å². The normalized spacial score (nSPS) is 28.1. The molecule has 35 heavy (non-hydrogen) atoms. The molecule has 2 bridgehead atoms. The summed E-state index contributed by atoms with van der Waals surface area (Å²) in [6, 6.07) is 18.0. The smallest absolute Gasteiger partial charge is 0.244 e. The average molecular weight is 473 g/mol. The lowest BCUT2D eigenvalue weighted by Gasteiger charge is -2.48. The number of benzene rings is 2. The van der Waals surface area contributed by atoms with Crippen LogP contribution in [0.25, 0.3) is 0 Å². The molecule has 2 aliphatic heterocycles. The minimum Gasteiger partial charge on any atom is -0.497 e. The van der Waals surface area contributed by atoms with Gasteiger partial charge < -0.3 is 23.7 Å². The second-order valence-corrected chi connectivity index (χ2v) is 8.34. The van der Waals surface area contributed by atoms with Gasteiger partial charge in [-0.2, -0.15) is 15.8 Å². The van der Waals surface area contributed by atoms with Crippen molar-refractivity contribution in [1.82, 2.24) is 0 Å². The van der Waals surface area contributed by atoms with Crippen molar-refractivity contribution in [2.75, 3.05) is 20.8 Å². The third kappa shape index (κ3) is 2.97. The number of nitrogens with zero attached hydrogens (tertiary/aromatic N) is 3. The topological polar surface area (TPSA) is 141 Å². The summed E-state index contributed by atoms with van der Waals surface area (Å²) in [6.07, 6.45) is -1.25. The monoisotopic (exact) mass is 472 g/mol. The molecule has 1 N–H and O–H groups in total. The van der Waals surface area contributed by atoms with Crippen LogP contribution in [0, 0.1) is 56.2 Å². The molecule has 178 valence electrons. The van der Waals surface area contributed by atoms with E-state index < -0.39 is 34.5 Å². The van der Waals surface area contributed by atoms with Crippen LogP contribution in [0.5, 0.6) is 17.2 Å². The minimum atomic E-state index is -2.08. The highest BCUT2D eigenvalue weighted by Crippen LogP contribution is 2.69. The van der Waals surface area contributed by atoms with Crippen LogP contribution in [0.3, 0.4) is 0 Å². The highest BCUT2D eigenvalue weighted by molar-refractivity contribution is 5.89. The molecule has 0 radical (unpaired) electrons. The van der Waals surface area contributed by atoms with Crippen molar-refractivity contribution in [3.05, 3.63) is 53.6 Å². The molecule has 9 nitrogen and oxygen atoms in total. The number of methoxy groups -OCH3 is 2. The molecule has 2 saturated heterocycles. The number of fused-ring (bicyclic) bond motifs is 2. The predicted molar refractivity (Wildman–Crippen MR) is 122 cm³/mol. The number of nitrogens with one attached hydrogen (secondary N) is 1. The van der Waals surface area contributed by atoms with Crippen LogP contribution in [0.4, 0.5) is 0 Å². The van der Waals surface area contributed by atoms with Crippen molar-refractivity contribution in [2.24, 2.45) is 16.7 Å². The van der Waals surface area contributed by atoms with Crippen molar-refractivity contribution in [1.29, 1.82) is 21.2 Å². The van der Waals surface area contributed by atoms with Crippen LogP contribution in [-0.4, -0.2) is 26.7 Å². The van der Waals surface area contributed by atoms with Gasteiger partial charge in [0.2, 0.25) is 17.1 Å². The highest BCUT2D eigenvalue weighted by atomic mass is 16.7. The molecule has 4 atom stereocenters. The quantitative estimate of drug-likeness (QED) is 0.659. The summed E-state index contributed by atoms with van der Waals surface area (Å²) in [5.74, 6) is -1.47. The molecular weight excluding hydrogens is 448 g/mol. The zero-order valence-electron chi connectivity index (χ0n) is 19.8. The van der Waals surface area contributed by atoms with Crippen LogP contribution in [-0.2, 0) is 15.3 Å². The molecular formula is C26H24N4O5. The van der Waals surface area contributed by atoms with E-state index in [-0.39, 0.29) is 0 Å². The van der Waals surface area contributed by atoms with Gasteiger partial charge in [-0.15, -0.1) is 0 Å². The molecule has 0 saturated carbocycles. The average Bonchev–Trinajstić information content (AvgIpc) is 3.05. The Morgan fingerprint density at radius 3 is 2.20 bits per heavy atom. The van der Waals surface area contributed by atoms with Crippen LogP contribution in [0.2, 0.25) is 0 Å². The Morgan fingerprint density at radius 1 is 0.971 bits per heavy atom. The summed E-state index contributed by atoms with van der Waals surface area (Å²) in [4.78, 5) is 0. The third-order valence-electron chi connectivity index (χ3n) is 6.95. The van der Waals surface area contributed by atoms with E-state index in [4.69, 9.17) is 29.1 Å². The minimum absolute atomic E-state index is 0.379. The molecule has 0 spiro atoms. The fourth-order valence-electron chi connectivity index (χ4n) is 5.11. The van der Waals surface area contributed by atoms with Gasteiger partial charge in [-0.3, -0.25) is 5.41 Å². The van der Waals surface area contributed by atoms with E-state index in [2.05, 4.69) is 6.07 Å². The number of hydrogen-bond acceptors (Lipinski definition) is 9. The van der Waals surface area contributed by atoms with Gasteiger partial charge in [-0.25, -0.2) is 0 Å². The van der Waals surface area contributed by atoms with Crippen LogP contribution in [0.1, 0.15) is 31.1 Å². The maximum atomic E-state index is 10.4. The summed E-state index contributed by atoms with van der Waals surface area (Å²) in [5, 5.41) is 39.9. The summed E-state index contributed by atoms with van der Waals surface area (Å²) in [7, 11) is 3.02. The molecule has 2 aliphatic rings. The molecule has 2 aromatic rings. The fraction of sp³-hybridized carbons (Fsp3) is 0.385. The van der Waals surface area contributed by atoms with Gasteiger partial charge in [-0.05, 0) is 48.9 Å². The van der Waals surface area contributed by atoms with Crippen LogP contribution < -0.4 is 14.2 Å². The Morgan fingerprint density at radius 2 is 1.66 bits per heavy atom. The summed E-state index contributed by atoms with van der Waals surface area (Å²) >= 11 is 0. The second-order valence-electron chi connectivity index (χ2n) is 8.34. The Labute approximate surface area is 203 Å². The number of rotatable bonds is 6. The first-order valence-corrected chi connectivity index (χ1v) is 11.0. The zero-order valence-corrected chi connectivity index (χ0v) is 19.8. The van der Waals surface area contributed by atoms with Crippen molar-refractivity contribution in [2.45, 2.75) is 25.7 Å². The Bertz CT molecular complexity index is 1270. The lowest BCUT2D eigenvalue weighted by molar-refractivity contribution is -0.288. The Hall–Kier alpha value is -4.26. The Balaban J connectivity index is 1.98. The maximum absolute atomic E-state index is 10.4. The summed E-state index contributed by atoms with van der Waals surface area (Å²) in [5.41, 5.74) is -3.04. The van der Waals surface area contributed by atoms with Crippen molar-refractivity contribution in [3.8, 4) is 35.5 Å². The summed E-state index contributed by atoms with van der Waals surface area (Å²) in [6.45, 7) is 3.91. The van der Waals surface area contributed by atoms with E-state index >= 15 is 0 Å². The molecule has 2 heterocycles. The predicted octanol–water partition coefficient (Wildman–Crippen LogP) is 4.21. The molecule has 0 amide bonds. The first-order chi connectivity index (χ1) is 16.8. The second kappa shape index (κ2) is 8.51. The van der Waals surface area contributed by atoms with Crippen molar-refractivity contribution < 1.29 is 23.7 Å². The van der Waals surface area contributed by atoms with E-state index in [1.165, 1.54) is 7.11 Å². The van der Waals surface area contributed by atoms with Gasteiger partial charge in [0.05, 0.1) is 45.0 Å². The zero-order chi connectivity index (χ0) is 25.4. The molecule has 9 heteroatoms. The number of nitriles is 3.